The second kappa shape index (κ2) is 15.9. The Morgan fingerprint density at radius 3 is 2.23 bits per heavy atom. The number of benzene rings is 3. The second-order valence-electron chi connectivity index (χ2n) is 8.75. The van der Waals surface area contributed by atoms with Gasteiger partial charge in [-0.2, -0.15) is 0 Å². The normalized spacial score (nSPS) is 11.4. The van der Waals surface area contributed by atoms with Crippen molar-refractivity contribution in [3.63, 3.8) is 0 Å². The predicted octanol–water partition coefficient (Wildman–Crippen LogP) is 5.25. The highest BCUT2D eigenvalue weighted by atomic mass is 19.1. The molecule has 3 aromatic rings. The minimum atomic E-state index is -1.00. The number of carbonyl (C=O) groups is 2. The number of carboxylic acids is 1. The number of para-hydroxylation sites is 2. The molecule has 0 saturated heterocycles. The number of nitrogens with zero attached hydrogens (tertiary/aromatic N) is 1. The maximum Gasteiger partial charge on any atom is 0.333 e. The summed E-state index contributed by atoms with van der Waals surface area (Å²) in [4.78, 5) is 26.1. The molecule has 0 aliphatic carbocycles. The number of ether oxygens (including phenoxy) is 4. The van der Waals surface area contributed by atoms with Gasteiger partial charge in [-0.15, -0.1) is 0 Å². The van der Waals surface area contributed by atoms with Gasteiger partial charge in [0.25, 0.3) is 0 Å². The molecule has 1 unspecified atom stereocenters. The van der Waals surface area contributed by atoms with Gasteiger partial charge in [-0.3, -0.25) is 0 Å². The van der Waals surface area contributed by atoms with Crippen molar-refractivity contribution in [2.24, 2.45) is 0 Å². The van der Waals surface area contributed by atoms with Gasteiger partial charge in [0.05, 0.1) is 25.9 Å². The highest BCUT2D eigenvalue weighted by Gasteiger charge is 2.18. The number of carboxylic acid groups (broad SMARTS) is 1. The van der Waals surface area contributed by atoms with Gasteiger partial charge in [0.2, 0.25) is 0 Å². The summed E-state index contributed by atoms with van der Waals surface area (Å²) in [5.74, 6) is 0.347. The summed E-state index contributed by atoms with van der Waals surface area (Å²) in [5.41, 5.74) is 1.36. The molecule has 0 aliphatic rings. The number of rotatable bonds is 16. The third-order valence-electron chi connectivity index (χ3n) is 5.91. The lowest BCUT2D eigenvalue weighted by atomic mass is 10.1. The molecule has 3 aromatic carbocycles. The number of nitrogens with one attached hydrogen (secondary N) is 1. The number of carbonyl (C=O) groups excluding carboxylic acids is 1. The quantitative estimate of drug-likeness (QED) is 0.233. The molecule has 0 saturated carbocycles. The second-order valence-corrected chi connectivity index (χ2v) is 8.75. The molecule has 0 bridgehead atoms. The van der Waals surface area contributed by atoms with E-state index in [4.69, 9.17) is 18.9 Å². The zero-order valence-corrected chi connectivity index (χ0v) is 22.7. The van der Waals surface area contributed by atoms with Crippen LogP contribution in [0.1, 0.15) is 18.9 Å². The van der Waals surface area contributed by atoms with Crippen LogP contribution in [0.4, 0.5) is 14.9 Å². The molecule has 3 rings (SSSR count). The van der Waals surface area contributed by atoms with Gasteiger partial charge in [-0.05, 0) is 67.4 Å². The Hall–Kier alpha value is -4.31. The molecular weight excluding hydrogens is 519 g/mol. The van der Waals surface area contributed by atoms with E-state index in [9.17, 15) is 19.1 Å². The van der Waals surface area contributed by atoms with Crippen molar-refractivity contribution in [2.75, 3.05) is 45.3 Å². The first kappa shape index (κ1) is 30.2. The van der Waals surface area contributed by atoms with E-state index in [0.717, 1.165) is 5.56 Å². The molecule has 0 heterocycles. The van der Waals surface area contributed by atoms with Crippen LogP contribution in [0.2, 0.25) is 0 Å². The van der Waals surface area contributed by atoms with E-state index in [1.54, 1.807) is 66.4 Å². The standard InChI is InChI=1S/C30H35FN2O7/c1-3-38-28(29(34)35)21-22-9-13-24(14-10-22)40-20-18-33(17-6-19-39-25-15-11-23(31)12-16-25)30(36)32-26-7-4-5-8-27(26)37-2/h4-5,7-16,28H,3,6,17-21H2,1-2H3,(H,32,36)(H,34,35). The number of hydrogen-bond donors (Lipinski definition) is 2. The van der Waals surface area contributed by atoms with Gasteiger partial charge < -0.3 is 34.3 Å². The van der Waals surface area contributed by atoms with E-state index in [1.165, 1.54) is 19.2 Å². The smallest absolute Gasteiger partial charge is 0.333 e. The summed E-state index contributed by atoms with van der Waals surface area (Å²) in [5, 5.41) is 12.2. The van der Waals surface area contributed by atoms with E-state index in [-0.39, 0.29) is 24.9 Å². The van der Waals surface area contributed by atoms with E-state index < -0.39 is 12.1 Å². The Morgan fingerprint density at radius 2 is 1.57 bits per heavy atom. The van der Waals surface area contributed by atoms with Crippen LogP contribution in [0.25, 0.3) is 0 Å². The fourth-order valence-electron chi connectivity index (χ4n) is 3.86. The van der Waals surface area contributed by atoms with Gasteiger partial charge in [0.15, 0.2) is 6.10 Å². The number of urea groups is 1. The average Bonchev–Trinajstić information content (AvgIpc) is 2.96. The minimum absolute atomic E-state index is 0.230. The molecular formula is C30H35FN2O7. The third kappa shape index (κ3) is 9.77. The van der Waals surface area contributed by atoms with Crippen molar-refractivity contribution in [1.82, 2.24) is 4.90 Å². The lowest BCUT2D eigenvalue weighted by molar-refractivity contribution is -0.149. The fourth-order valence-corrected chi connectivity index (χ4v) is 3.86. The highest BCUT2D eigenvalue weighted by Crippen LogP contribution is 2.23. The predicted molar refractivity (Wildman–Crippen MR) is 149 cm³/mol. The zero-order chi connectivity index (χ0) is 28.7. The zero-order valence-electron chi connectivity index (χ0n) is 22.7. The number of methoxy groups -OCH3 is 1. The highest BCUT2D eigenvalue weighted by molar-refractivity contribution is 5.91. The molecule has 40 heavy (non-hydrogen) atoms. The molecule has 1 atom stereocenters. The Labute approximate surface area is 233 Å². The number of halogens is 1. The van der Waals surface area contributed by atoms with Crippen LogP contribution in [0.5, 0.6) is 17.2 Å². The molecule has 0 spiro atoms. The SMILES string of the molecule is CCOC(Cc1ccc(OCCN(CCCOc2ccc(F)cc2)C(=O)Nc2ccccc2OC)cc1)C(=O)O. The molecule has 10 heteroatoms. The van der Waals surface area contributed by atoms with Crippen LogP contribution in [-0.4, -0.2) is 68.1 Å². The number of amides is 2. The Morgan fingerprint density at radius 1 is 0.925 bits per heavy atom. The summed E-state index contributed by atoms with van der Waals surface area (Å²) >= 11 is 0. The summed E-state index contributed by atoms with van der Waals surface area (Å²) < 4.78 is 35.3. The molecule has 0 radical (unpaired) electrons. The van der Waals surface area contributed by atoms with Crippen LogP contribution >= 0.6 is 0 Å². The van der Waals surface area contributed by atoms with Gasteiger partial charge in [0.1, 0.15) is 29.7 Å². The summed E-state index contributed by atoms with van der Waals surface area (Å²) in [7, 11) is 1.54. The first-order valence-electron chi connectivity index (χ1n) is 13.0. The Balaban J connectivity index is 1.56. The van der Waals surface area contributed by atoms with Gasteiger partial charge >= 0.3 is 12.0 Å². The van der Waals surface area contributed by atoms with Crippen LogP contribution in [0.15, 0.2) is 72.8 Å². The molecule has 9 nitrogen and oxygen atoms in total. The topological polar surface area (TPSA) is 107 Å². The molecule has 2 N–H and O–H groups in total. The number of hydrogen-bond acceptors (Lipinski definition) is 6. The fraction of sp³-hybridized carbons (Fsp3) is 0.333. The lowest BCUT2D eigenvalue weighted by Gasteiger charge is -2.24. The van der Waals surface area contributed by atoms with Crippen molar-refractivity contribution in [3.8, 4) is 17.2 Å². The van der Waals surface area contributed by atoms with Crippen LogP contribution < -0.4 is 19.5 Å². The van der Waals surface area contributed by atoms with Crippen molar-refractivity contribution >= 4 is 17.7 Å². The maximum absolute atomic E-state index is 13.1. The van der Waals surface area contributed by atoms with E-state index in [2.05, 4.69) is 5.32 Å². The molecule has 2 amide bonds. The summed E-state index contributed by atoms with van der Waals surface area (Å²) in [6.07, 6.45) is -0.116. The van der Waals surface area contributed by atoms with Gasteiger partial charge in [-0.1, -0.05) is 24.3 Å². The maximum atomic E-state index is 13.1. The van der Waals surface area contributed by atoms with E-state index in [0.29, 0.717) is 55.7 Å². The van der Waals surface area contributed by atoms with Crippen molar-refractivity contribution in [2.45, 2.75) is 25.9 Å². The van der Waals surface area contributed by atoms with Crippen LogP contribution in [0.3, 0.4) is 0 Å². The minimum Gasteiger partial charge on any atom is -0.495 e. The molecule has 0 aliphatic heterocycles. The summed E-state index contributed by atoms with van der Waals surface area (Å²) in [6, 6.07) is 19.7. The van der Waals surface area contributed by atoms with Gasteiger partial charge in [-0.25, -0.2) is 14.0 Å². The Kier molecular flexibility index (Phi) is 12.1. The first-order valence-corrected chi connectivity index (χ1v) is 13.0. The van der Waals surface area contributed by atoms with Crippen molar-refractivity contribution in [3.05, 3.63) is 84.2 Å². The monoisotopic (exact) mass is 554 g/mol. The molecule has 0 fully saturated rings. The number of aliphatic carboxylic acids is 1. The largest absolute Gasteiger partial charge is 0.495 e. The Bertz CT molecular complexity index is 1210. The van der Waals surface area contributed by atoms with Gasteiger partial charge in [0, 0.05) is 19.6 Å². The van der Waals surface area contributed by atoms with Crippen molar-refractivity contribution in [1.29, 1.82) is 0 Å². The third-order valence-corrected chi connectivity index (χ3v) is 5.91. The van der Waals surface area contributed by atoms with E-state index in [1.807, 2.05) is 6.07 Å². The first-order chi connectivity index (χ1) is 19.4. The van der Waals surface area contributed by atoms with Crippen LogP contribution in [0, 0.1) is 5.82 Å². The average molecular weight is 555 g/mol. The molecule has 0 aromatic heterocycles. The van der Waals surface area contributed by atoms with Crippen molar-refractivity contribution < 1.29 is 38.0 Å². The summed E-state index contributed by atoms with van der Waals surface area (Å²) in [6.45, 7) is 3.33. The lowest BCUT2D eigenvalue weighted by Crippen LogP contribution is -2.39. The number of anilines is 1. The van der Waals surface area contributed by atoms with Crippen LogP contribution in [-0.2, 0) is 16.0 Å². The van der Waals surface area contributed by atoms with E-state index >= 15 is 0 Å². The molecule has 214 valence electrons.